The quantitative estimate of drug-likeness (QED) is 0.756. The lowest BCUT2D eigenvalue weighted by atomic mass is 10.1. The van der Waals surface area contributed by atoms with Crippen LogP contribution in [0.3, 0.4) is 0 Å². The Morgan fingerprint density at radius 3 is 2.34 bits per heavy atom. The molecular formula is C20H25F3N6O3. The molecule has 2 aliphatic rings. The van der Waals surface area contributed by atoms with Gasteiger partial charge in [-0.25, -0.2) is 9.78 Å². The SMILES string of the molecule is O=C(O)C(F)(F)F.O=C(c1ccnnc1)N1CCc2ncc(CN3CCCCC3)n2CC1. The van der Waals surface area contributed by atoms with Crippen LogP contribution in [-0.4, -0.2) is 78.9 Å². The summed E-state index contributed by atoms with van der Waals surface area (Å²) in [6.45, 7) is 5.54. The van der Waals surface area contributed by atoms with Crippen LogP contribution >= 0.6 is 0 Å². The van der Waals surface area contributed by atoms with Gasteiger partial charge in [0.05, 0.1) is 23.7 Å². The van der Waals surface area contributed by atoms with E-state index in [0.717, 1.165) is 25.3 Å². The van der Waals surface area contributed by atoms with Gasteiger partial charge in [-0.3, -0.25) is 9.69 Å². The number of hydrogen-bond donors (Lipinski definition) is 1. The third-order valence-electron chi connectivity index (χ3n) is 5.41. The Bertz CT molecular complexity index is 913. The molecule has 4 rings (SSSR count). The largest absolute Gasteiger partial charge is 0.490 e. The summed E-state index contributed by atoms with van der Waals surface area (Å²) in [4.78, 5) is 30.6. The minimum Gasteiger partial charge on any atom is -0.475 e. The van der Waals surface area contributed by atoms with Crippen molar-refractivity contribution in [3.63, 3.8) is 0 Å². The fourth-order valence-corrected chi connectivity index (χ4v) is 3.77. The van der Waals surface area contributed by atoms with Crippen LogP contribution in [-0.2, 0) is 24.3 Å². The van der Waals surface area contributed by atoms with Gasteiger partial charge < -0.3 is 14.6 Å². The highest BCUT2D eigenvalue weighted by Gasteiger charge is 2.38. The smallest absolute Gasteiger partial charge is 0.475 e. The number of likely N-dealkylation sites (tertiary alicyclic amines) is 1. The van der Waals surface area contributed by atoms with E-state index in [1.165, 1.54) is 44.2 Å². The molecule has 0 saturated carbocycles. The fraction of sp³-hybridized carbons (Fsp3) is 0.550. The maximum atomic E-state index is 12.6. The minimum atomic E-state index is -5.08. The van der Waals surface area contributed by atoms with Gasteiger partial charge in [0.15, 0.2) is 0 Å². The number of carbonyl (C=O) groups is 2. The Kier molecular flexibility index (Phi) is 7.78. The molecule has 1 fully saturated rings. The van der Waals surface area contributed by atoms with Crippen molar-refractivity contribution < 1.29 is 27.9 Å². The third-order valence-corrected chi connectivity index (χ3v) is 5.41. The van der Waals surface area contributed by atoms with Crippen LogP contribution in [0.5, 0.6) is 0 Å². The molecule has 9 nitrogen and oxygen atoms in total. The van der Waals surface area contributed by atoms with E-state index in [1.807, 2.05) is 11.1 Å². The summed E-state index contributed by atoms with van der Waals surface area (Å²) >= 11 is 0. The first-order valence-corrected chi connectivity index (χ1v) is 10.4. The first-order chi connectivity index (χ1) is 15.3. The maximum absolute atomic E-state index is 12.6. The number of carboxylic acid groups (broad SMARTS) is 1. The van der Waals surface area contributed by atoms with Gasteiger partial charge in [-0.1, -0.05) is 6.42 Å². The summed E-state index contributed by atoms with van der Waals surface area (Å²) in [5.74, 6) is -1.64. The van der Waals surface area contributed by atoms with Gasteiger partial charge in [0.1, 0.15) is 5.82 Å². The highest BCUT2D eigenvalue weighted by Crippen LogP contribution is 2.17. The van der Waals surface area contributed by atoms with Crippen LogP contribution in [0.4, 0.5) is 13.2 Å². The molecule has 32 heavy (non-hydrogen) atoms. The molecule has 1 saturated heterocycles. The van der Waals surface area contributed by atoms with Crippen molar-refractivity contribution in [1.29, 1.82) is 0 Å². The highest BCUT2D eigenvalue weighted by molar-refractivity contribution is 5.93. The molecule has 0 atom stereocenters. The topological polar surface area (TPSA) is 104 Å². The van der Waals surface area contributed by atoms with Gasteiger partial charge in [0.2, 0.25) is 0 Å². The number of hydrogen-bond acceptors (Lipinski definition) is 6. The Morgan fingerprint density at radius 1 is 1.00 bits per heavy atom. The van der Waals surface area contributed by atoms with Gasteiger partial charge in [0, 0.05) is 38.8 Å². The average molecular weight is 454 g/mol. The molecule has 2 aliphatic heterocycles. The van der Waals surface area contributed by atoms with E-state index in [1.54, 1.807) is 12.3 Å². The molecule has 174 valence electrons. The average Bonchev–Trinajstić information content (AvgIpc) is 3.02. The summed E-state index contributed by atoms with van der Waals surface area (Å²) in [5, 5.41) is 14.7. The number of nitrogens with zero attached hydrogens (tertiary/aromatic N) is 6. The Morgan fingerprint density at radius 2 is 1.72 bits per heavy atom. The minimum absolute atomic E-state index is 0.0261. The molecular weight excluding hydrogens is 429 g/mol. The summed E-state index contributed by atoms with van der Waals surface area (Å²) in [5.41, 5.74) is 1.87. The lowest BCUT2D eigenvalue weighted by Crippen LogP contribution is -2.34. The Hall–Kier alpha value is -3.02. The van der Waals surface area contributed by atoms with Crippen molar-refractivity contribution in [3.05, 3.63) is 41.7 Å². The normalized spacial score (nSPS) is 17.0. The van der Waals surface area contributed by atoms with E-state index in [0.29, 0.717) is 18.7 Å². The molecule has 0 bridgehead atoms. The predicted molar refractivity (Wildman–Crippen MR) is 107 cm³/mol. The summed E-state index contributed by atoms with van der Waals surface area (Å²) in [7, 11) is 0. The van der Waals surface area contributed by atoms with E-state index in [9.17, 15) is 18.0 Å². The second-order valence-electron chi connectivity index (χ2n) is 7.63. The molecule has 2 aromatic rings. The van der Waals surface area contributed by atoms with E-state index >= 15 is 0 Å². The lowest BCUT2D eigenvalue weighted by molar-refractivity contribution is -0.192. The number of aromatic nitrogens is 4. The van der Waals surface area contributed by atoms with Crippen LogP contribution in [0, 0.1) is 0 Å². The molecule has 0 unspecified atom stereocenters. The molecule has 0 radical (unpaired) electrons. The van der Waals surface area contributed by atoms with Crippen molar-refractivity contribution in [3.8, 4) is 0 Å². The van der Waals surface area contributed by atoms with Crippen LogP contribution in [0.1, 0.15) is 41.1 Å². The zero-order chi connectivity index (χ0) is 23.1. The first-order valence-electron chi connectivity index (χ1n) is 10.4. The molecule has 1 N–H and O–H groups in total. The number of amides is 1. The van der Waals surface area contributed by atoms with E-state index in [4.69, 9.17) is 9.90 Å². The molecule has 1 amide bonds. The lowest BCUT2D eigenvalue weighted by Gasteiger charge is -2.26. The zero-order valence-corrected chi connectivity index (χ0v) is 17.5. The molecule has 2 aromatic heterocycles. The van der Waals surface area contributed by atoms with Crippen LogP contribution in [0.2, 0.25) is 0 Å². The van der Waals surface area contributed by atoms with Crippen LogP contribution in [0.15, 0.2) is 24.7 Å². The van der Waals surface area contributed by atoms with Gasteiger partial charge in [-0.15, -0.1) is 0 Å². The van der Waals surface area contributed by atoms with Crippen molar-refractivity contribution in [1.82, 2.24) is 29.5 Å². The zero-order valence-electron chi connectivity index (χ0n) is 17.5. The number of piperidine rings is 1. The number of halogens is 3. The Labute approximate surface area is 182 Å². The second-order valence-corrected chi connectivity index (χ2v) is 7.63. The monoisotopic (exact) mass is 454 g/mol. The van der Waals surface area contributed by atoms with Crippen LogP contribution < -0.4 is 0 Å². The number of rotatable bonds is 3. The third kappa shape index (κ3) is 6.25. The first kappa shape index (κ1) is 23.6. The van der Waals surface area contributed by atoms with E-state index in [-0.39, 0.29) is 5.91 Å². The van der Waals surface area contributed by atoms with Crippen molar-refractivity contribution in [2.75, 3.05) is 26.2 Å². The highest BCUT2D eigenvalue weighted by atomic mass is 19.4. The molecule has 0 aliphatic carbocycles. The second kappa shape index (κ2) is 10.5. The number of fused-ring (bicyclic) bond motifs is 1. The number of carboxylic acids is 1. The number of aliphatic carboxylic acids is 1. The molecule has 0 spiro atoms. The van der Waals surface area contributed by atoms with Gasteiger partial charge >= 0.3 is 12.1 Å². The number of carbonyl (C=O) groups excluding carboxylic acids is 1. The van der Waals surface area contributed by atoms with Crippen molar-refractivity contribution >= 4 is 11.9 Å². The maximum Gasteiger partial charge on any atom is 0.490 e. The predicted octanol–water partition coefficient (Wildman–Crippen LogP) is 1.99. The number of imidazole rings is 1. The van der Waals surface area contributed by atoms with E-state index < -0.39 is 12.1 Å². The van der Waals surface area contributed by atoms with Gasteiger partial charge in [0.25, 0.3) is 5.91 Å². The van der Waals surface area contributed by atoms with E-state index in [2.05, 4.69) is 24.6 Å². The number of alkyl halides is 3. The summed E-state index contributed by atoms with van der Waals surface area (Å²) in [6.07, 6.45) is 4.77. The summed E-state index contributed by atoms with van der Waals surface area (Å²) in [6, 6.07) is 1.72. The Balaban J connectivity index is 0.000000360. The van der Waals surface area contributed by atoms with Crippen molar-refractivity contribution in [2.45, 2.75) is 44.9 Å². The van der Waals surface area contributed by atoms with Gasteiger partial charge in [-0.05, 0) is 32.0 Å². The fourth-order valence-electron chi connectivity index (χ4n) is 3.77. The van der Waals surface area contributed by atoms with Crippen molar-refractivity contribution in [2.24, 2.45) is 0 Å². The standard InChI is InChI=1S/C18H24N6O.C2HF3O2/c25-18(15-4-6-20-21-12-15)23-9-5-17-19-13-16(24(17)11-10-23)14-22-7-2-1-3-8-22;3-2(4,5)1(6)7/h4,6,12-13H,1-3,5,7-11,14H2;(H,6,7). The molecule has 12 heteroatoms. The molecule has 0 aromatic carbocycles. The summed E-state index contributed by atoms with van der Waals surface area (Å²) < 4.78 is 34.0. The van der Waals surface area contributed by atoms with Gasteiger partial charge in [-0.2, -0.15) is 23.4 Å². The molecule has 4 heterocycles. The van der Waals surface area contributed by atoms with Crippen LogP contribution in [0.25, 0.3) is 0 Å².